The number of aromatic nitrogens is 2. The van der Waals surface area contributed by atoms with Crippen LogP contribution in [0.1, 0.15) is 32.1 Å². The van der Waals surface area contributed by atoms with Crippen molar-refractivity contribution in [2.75, 3.05) is 5.32 Å². The van der Waals surface area contributed by atoms with Crippen LogP contribution in [-0.2, 0) is 14.1 Å². The molecule has 7 heteroatoms. The van der Waals surface area contributed by atoms with Crippen LogP contribution in [0.15, 0.2) is 16.9 Å². The average Bonchev–Trinajstić information content (AvgIpc) is 2.81. The van der Waals surface area contributed by atoms with Crippen LogP contribution in [-0.4, -0.2) is 20.1 Å². The van der Waals surface area contributed by atoms with Crippen LogP contribution in [0.3, 0.4) is 0 Å². The van der Waals surface area contributed by atoms with Gasteiger partial charge in [0, 0.05) is 26.2 Å². The van der Waals surface area contributed by atoms with E-state index in [9.17, 15) is 14.9 Å². The lowest BCUT2D eigenvalue weighted by Crippen LogP contribution is -2.51. The van der Waals surface area contributed by atoms with Gasteiger partial charge >= 0.3 is 5.69 Å². The molecule has 4 saturated carbocycles. The van der Waals surface area contributed by atoms with Gasteiger partial charge in [-0.05, 0) is 61.8 Å². The van der Waals surface area contributed by atoms with Crippen LogP contribution in [0.2, 0.25) is 0 Å². The molecule has 26 heavy (non-hydrogen) atoms. The van der Waals surface area contributed by atoms with E-state index in [-0.39, 0.29) is 16.3 Å². The van der Waals surface area contributed by atoms with Gasteiger partial charge in [0.1, 0.15) is 5.69 Å². The Kier molecular flexibility index (Phi) is 3.27. The maximum atomic E-state index is 12.2. The fraction of sp³-hybridized carbons (Fsp3) is 0.632. The number of aryl methyl sites for hydroxylation is 2. The lowest BCUT2D eigenvalue weighted by atomic mass is 9.54. The van der Waals surface area contributed by atoms with E-state index in [0.29, 0.717) is 29.1 Å². The highest BCUT2D eigenvalue weighted by Gasteiger charge is 2.48. The molecule has 0 unspecified atom stereocenters. The largest absolute Gasteiger partial charge is 0.376 e. The van der Waals surface area contributed by atoms with Crippen molar-refractivity contribution in [1.82, 2.24) is 9.13 Å². The number of imidazole rings is 1. The summed E-state index contributed by atoms with van der Waals surface area (Å²) in [6.07, 6.45) is 6.40. The monoisotopic (exact) mass is 356 g/mol. The minimum absolute atomic E-state index is 0.0625. The van der Waals surface area contributed by atoms with Crippen molar-refractivity contribution in [3.05, 3.63) is 32.7 Å². The molecule has 1 aromatic carbocycles. The molecule has 0 amide bonds. The second kappa shape index (κ2) is 5.34. The van der Waals surface area contributed by atoms with Gasteiger partial charge in [0.25, 0.3) is 5.69 Å². The zero-order valence-corrected chi connectivity index (χ0v) is 15.1. The normalized spacial score (nSPS) is 32.3. The Hall–Kier alpha value is -2.31. The predicted octanol–water partition coefficient (Wildman–Crippen LogP) is 3.02. The molecule has 7 nitrogen and oxygen atoms in total. The van der Waals surface area contributed by atoms with Crippen molar-refractivity contribution in [3.63, 3.8) is 0 Å². The quantitative estimate of drug-likeness (QED) is 0.677. The summed E-state index contributed by atoms with van der Waals surface area (Å²) in [5.74, 6) is 2.98. The van der Waals surface area contributed by atoms with Crippen LogP contribution >= 0.6 is 0 Å². The maximum Gasteiger partial charge on any atom is 0.328 e. The summed E-state index contributed by atoms with van der Waals surface area (Å²) in [7, 11) is 3.36. The van der Waals surface area contributed by atoms with E-state index >= 15 is 0 Å². The molecule has 0 saturated heterocycles. The smallest absolute Gasteiger partial charge is 0.328 e. The number of nitro benzene ring substituents is 1. The molecular weight excluding hydrogens is 332 g/mol. The van der Waals surface area contributed by atoms with Crippen LogP contribution in [0.25, 0.3) is 11.0 Å². The van der Waals surface area contributed by atoms with Crippen molar-refractivity contribution in [3.8, 4) is 0 Å². The highest BCUT2D eigenvalue weighted by molar-refractivity contribution is 5.86. The molecule has 2 aromatic rings. The topological polar surface area (TPSA) is 82.1 Å². The zero-order chi connectivity index (χ0) is 18.2. The molecule has 1 N–H and O–H groups in total. The van der Waals surface area contributed by atoms with E-state index < -0.39 is 0 Å². The second-order valence-electron chi connectivity index (χ2n) is 8.62. The number of nitro groups is 1. The molecule has 138 valence electrons. The van der Waals surface area contributed by atoms with Crippen LogP contribution in [0.5, 0.6) is 0 Å². The van der Waals surface area contributed by atoms with Gasteiger partial charge in [0.2, 0.25) is 0 Å². The SMILES string of the molecule is Cn1c(=O)n(C)c2cc([N+](=O)[O-])c(NC3C4CC5CC(C4)CC3C5)cc21. The molecule has 4 fully saturated rings. The first kappa shape index (κ1) is 15.9. The number of rotatable bonds is 3. The van der Waals surface area contributed by atoms with Gasteiger partial charge in [-0.15, -0.1) is 0 Å². The van der Waals surface area contributed by atoms with Crippen molar-refractivity contribution >= 4 is 22.4 Å². The van der Waals surface area contributed by atoms with Crippen LogP contribution in [0.4, 0.5) is 11.4 Å². The molecule has 0 spiro atoms. The van der Waals surface area contributed by atoms with Gasteiger partial charge in [-0.25, -0.2) is 4.79 Å². The molecule has 1 aromatic heterocycles. The van der Waals surface area contributed by atoms with Crippen molar-refractivity contribution in [2.24, 2.45) is 37.8 Å². The average molecular weight is 356 g/mol. The Labute approximate surface area is 151 Å². The molecule has 0 aliphatic heterocycles. The van der Waals surface area contributed by atoms with Gasteiger partial charge < -0.3 is 5.32 Å². The third-order valence-electron chi connectivity index (χ3n) is 7.14. The Balaban J connectivity index is 1.58. The number of fused-ring (bicyclic) bond motifs is 1. The van der Waals surface area contributed by atoms with E-state index in [1.807, 2.05) is 0 Å². The number of anilines is 1. The third kappa shape index (κ3) is 2.15. The lowest BCUT2D eigenvalue weighted by molar-refractivity contribution is -0.383. The minimum Gasteiger partial charge on any atom is -0.376 e. The fourth-order valence-corrected chi connectivity index (χ4v) is 6.14. The number of nitrogens with zero attached hydrogens (tertiary/aromatic N) is 3. The summed E-state index contributed by atoms with van der Waals surface area (Å²) in [4.78, 5) is 23.6. The van der Waals surface area contributed by atoms with E-state index in [0.717, 1.165) is 17.4 Å². The van der Waals surface area contributed by atoms with Gasteiger partial charge in [-0.3, -0.25) is 19.2 Å². The van der Waals surface area contributed by atoms with E-state index in [2.05, 4.69) is 5.32 Å². The molecule has 0 radical (unpaired) electrons. The van der Waals surface area contributed by atoms with E-state index in [4.69, 9.17) is 0 Å². The Morgan fingerprint density at radius 2 is 1.54 bits per heavy atom. The summed E-state index contributed by atoms with van der Waals surface area (Å²) < 4.78 is 3.02. The summed E-state index contributed by atoms with van der Waals surface area (Å²) in [6.45, 7) is 0. The zero-order valence-electron chi connectivity index (χ0n) is 15.1. The number of hydrogen-bond donors (Lipinski definition) is 1. The molecular formula is C19H24N4O3. The van der Waals surface area contributed by atoms with Gasteiger partial charge in [0.05, 0.1) is 16.0 Å². The van der Waals surface area contributed by atoms with Gasteiger partial charge in [-0.1, -0.05) is 0 Å². The molecule has 4 aliphatic carbocycles. The molecule has 4 bridgehead atoms. The highest BCUT2D eigenvalue weighted by atomic mass is 16.6. The summed E-state index contributed by atoms with van der Waals surface area (Å²) in [5.41, 5.74) is 1.78. The fourth-order valence-electron chi connectivity index (χ4n) is 6.14. The molecule has 6 rings (SSSR count). The number of hydrogen-bond acceptors (Lipinski definition) is 4. The summed E-state index contributed by atoms with van der Waals surface area (Å²) in [6, 6.07) is 3.65. The first-order valence-electron chi connectivity index (χ1n) is 9.52. The van der Waals surface area contributed by atoms with Crippen molar-refractivity contribution in [1.29, 1.82) is 0 Å². The highest BCUT2D eigenvalue weighted by Crippen LogP contribution is 2.54. The molecule has 1 heterocycles. The Morgan fingerprint density at radius 3 is 2.08 bits per heavy atom. The van der Waals surface area contributed by atoms with Gasteiger partial charge in [0.15, 0.2) is 0 Å². The van der Waals surface area contributed by atoms with Gasteiger partial charge in [-0.2, -0.15) is 0 Å². The predicted molar refractivity (Wildman–Crippen MR) is 99.3 cm³/mol. The third-order valence-corrected chi connectivity index (χ3v) is 7.14. The van der Waals surface area contributed by atoms with Crippen molar-refractivity contribution < 1.29 is 4.92 Å². The van der Waals surface area contributed by atoms with E-state index in [1.165, 1.54) is 42.7 Å². The first-order chi connectivity index (χ1) is 12.4. The first-order valence-corrected chi connectivity index (χ1v) is 9.52. The summed E-state index contributed by atoms with van der Waals surface area (Å²) >= 11 is 0. The lowest BCUT2D eigenvalue weighted by Gasteiger charge is -2.54. The summed E-state index contributed by atoms with van der Waals surface area (Å²) in [5, 5.41) is 15.2. The number of nitrogens with one attached hydrogen (secondary N) is 1. The van der Waals surface area contributed by atoms with Crippen LogP contribution < -0.4 is 11.0 Å². The van der Waals surface area contributed by atoms with Crippen LogP contribution in [0, 0.1) is 33.8 Å². The molecule has 4 aliphatic rings. The Bertz CT molecular complexity index is 945. The standard InChI is InChI=1S/C19H24N4O3/c1-21-16-8-14(15(23(25)26)9-17(16)22(2)19(21)24)20-18-12-4-10-3-11(6-12)7-13(18)5-10/h8-13,18,20H,3-7H2,1-2H3. The van der Waals surface area contributed by atoms with E-state index in [1.54, 1.807) is 24.7 Å². The Morgan fingerprint density at radius 1 is 1.00 bits per heavy atom. The molecule has 0 atom stereocenters. The second-order valence-corrected chi connectivity index (χ2v) is 8.62. The maximum absolute atomic E-state index is 12.2. The van der Waals surface area contributed by atoms with Crippen molar-refractivity contribution in [2.45, 2.75) is 38.1 Å². The number of benzene rings is 1. The minimum atomic E-state index is -0.338.